The Hall–Kier alpha value is -2.78. The largest absolute Gasteiger partial charge is 0.480 e. The van der Waals surface area contributed by atoms with Crippen LogP contribution in [0, 0.1) is 0 Å². The van der Waals surface area contributed by atoms with Gasteiger partial charge in [-0.25, -0.2) is 9.78 Å². The first-order chi connectivity index (χ1) is 14.6. The summed E-state index contributed by atoms with van der Waals surface area (Å²) in [5.41, 5.74) is 11.0. The van der Waals surface area contributed by atoms with Gasteiger partial charge in [-0.3, -0.25) is 19.2 Å². The number of hydrogen-bond donors (Lipinski definition) is 9. The molecule has 1 aromatic rings. The fourth-order valence-electron chi connectivity index (χ4n) is 2.34. The number of carbonyl (C=O) groups is 5. The summed E-state index contributed by atoms with van der Waals surface area (Å²) in [6, 6.07) is -4.92. The van der Waals surface area contributed by atoms with E-state index in [1.807, 2.05) is 0 Å². The van der Waals surface area contributed by atoms with Crippen LogP contribution in [0.15, 0.2) is 12.5 Å². The van der Waals surface area contributed by atoms with Gasteiger partial charge in [0.1, 0.15) is 18.1 Å². The molecule has 1 heterocycles. The van der Waals surface area contributed by atoms with Crippen LogP contribution in [0.4, 0.5) is 0 Å². The minimum Gasteiger partial charge on any atom is -0.480 e. The maximum Gasteiger partial charge on any atom is 0.327 e. The van der Waals surface area contributed by atoms with Crippen molar-refractivity contribution >= 4 is 54.9 Å². The Morgan fingerprint density at radius 2 is 1.55 bits per heavy atom. The quantitative estimate of drug-likeness (QED) is 0.130. The zero-order valence-corrected chi connectivity index (χ0v) is 18.1. The summed E-state index contributed by atoms with van der Waals surface area (Å²) >= 11 is 7.90. The molecule has 4 unspecified atom stereocenters. The number of imidazole rings is 1. The Bertz CT molecular complexity index is 791. The maximum absolute atomic E-state index is 12.6. The number of aliphatic carboxylic acids is 1. The molecule has 0 aliphatic carbocycles. The van der Waals surface area contributed by atoms with Crippen LogP contribution < -0.4 is 27.4 Å². The molecule has 172 valence electrons. The monoisotopic (exact) mass is 475 g/mol. The van der Waals surface area contributed by atoms with Crippen LogP contribution in [0.25, 0.3) is 0 Å². The van der Waals surface area contributed by atoms with E-state index in [1.165, 1.54) is 12.5 Å². The first-order valence-corrected chi connectivity index (χ1v) is 10.2. The van der Waals surface area contributed by atoms with Gasteiger partial charge in [0.25, 0.3) is 0 Å². The Morgan fingerprint density at radius 1 is 1.00 bits per heavy atom. The Balaban J connectivity index is 2.90. The maximum atomic E-state index is 12.6. The predicted molar refractivity (Wildman–Crippen MR) is 115 cm³/mol. The molecular formula is C16H25N7O6S2. The molecule has 31 heavy (non-hydrogen) atoms. The summed E-state index contributed by atoms with van der Waals surface area (Å²) in [5.74, 6) is -4.75. The molecule has 9 N–H and O–H groups in total. The third-order valence-corrected chi connectivity index (χ3v) is 4.71. The van der Waals surface area contributed by atoms with Crippen molar-refractivity contribution in [1.29, 1.82) is 0 Å². The summed E-state index contributed by atoms with van der Waals surface area (Å²) < 4.78 is 0. The molecule has 0 bridgehead atoms. The average molecular weight is 476 g/mol. The van der Waals surface area contributed by atoms with Gasteiger partial charge in [0.15, 0.2) is 0 Å². The fourth-order valence-corrected chi connectivity index (χ4v) is 2.84. The predicted octanol–water partition coefficient (Wildman–Crippen LogP) is -3.45. The number of hydrogen-bond acceptors (Lipinski definition) is 9. The van der Waals surface area contributed by atoms with Crippen molar-refractivity contribution in [2.75, 3.05) is 11.5 Å². The molecule has 0 aliphatic rings. The van der Waals surface area contributed by atoms with Crippen LogP contribution in [-0.4, -0.2) is 80.3 Å². The van der Waals surface area contributed by atoms with Crippen LogP contribution in [0.2, 0.25) is 0 Å². The third kappa shape index (κ3) is 8.85. The van der Waals surface area contributed by atoms with Gasteiger partial charge < -0.3 is 37.5 Å². The molecule has 0 saturated heterocycles. The summed E-state index contributed by atoms with van der Waals surface area (Å²) in [4.78, 5) is 66.0. The van der Waals surface area contributed by atoms with E-state index in [1.54, 1.807) is 0 Å². The number of amides is 4. The lowest BCUT2D eigenvalue weighted by Gasteiger charge is -2.24. The van der Waals surface area contributed by atoms with Crippen molar-refractivity contribution in [3.8, 4) is 0 Å². The molecular weight excluding hydrogens is 450 g/mol. The molecule has 0 aliphatic heterocycles. The third-order valence-electron chi connectivity index (χ3n) is 3.98. The Morgan fingerprint density at radius 3 is 2.03 bits per heavy atom. The number of carboxylic acid groups (broad SMARTS) is 1. The fraction of sp³-hybridized carbons (Fsp3) is 0.500. The van der Waals surface area contributed by atoms with Crippen molar-refractivity contribution in [3.05, 3.63) is 18.2 Å². The minimum atomic E-state index is -1.29. The van der Waals surface area contributed by atoms with Gasteiger partial charge in [0.2, 0.25) is 23.6 Å². The van der Waals surface area contributed by atoms with E-state index < -0.39 is 60.2 Å². The highest BCUT2D eigenvalue weighted by atomic mass is 32.1. The molecule has 0 radical (unpaired) electrons. The first-order valence-electron chi connectivity index (χ1n) is 8.95. The lowest BCUT2D eigenvalue weighted by atomic mass is 10.1. The highest BCUT2D eigenvalue weighted by Gasteiger charge is 2.30. The Labute approximate surface area is 188 Å². The van der Waals surface area contributed by atoms with Crippen LogP contribution in [0.3, 0.4) is 0 Å². The highest BCUT2D eigenvalue weighted by Crippen LogP contribution is 2.02. The number of nitrogens with one attached hydrogen (secondary N) is 4. The molecule has 0 aromatic carbocycles. The van der Waals surface area contributed by atoms with Crippen molar-refractivity contribution in [3.63, 3.8) is 0 Å². The van der Waals surface area contributed by atoms with Gasteiger partial charge in [-0.05, 0) is 0 Å². The highest BCUT2D eigenvalue weighted by molar-refractivity contribution is 7.80. The number of nitrogens with zero attached hydrogens (tertiary/aromatic N) is 1. The minimum absolute atomic E-state index is 0.0368. The van der Waals surface area contributed by atoms with Gasteiger partial charge in [-0.1, -0.05) is 0 Å². The molecule has 1 aromatic heterocycles. The number of nitrogens with two attached hydrogens (primary N) is 2. The number of primary amides is 1. The van der Waals surface area contributed by atoms with Gasteiger partial charge in [-0.2, -0.15) is 25.3 Å². The zero-order valence-electron chi connectivity index (χ0n) is 16.3. The van der Waals surface area contributed by atoms with E-state index >= 15 is 0 Å². The zero-order chi connectivity index (χ0) is 23.6. The number of aromatic nitrogens is 2. The number of H-pyrrole nitrogens is 1. The van der Waals surface area contributed by atoms with Crippen molar-refractivity contribution in [2.24, 2.45) is 11.5 Å². The number of thiol groups is 2. The van der Waals surface area contributed by atoms with E-state index in [9.17, 15) is 24.0 Å². The molecule has 15 heteroatoms. The van der Waals surface area contributed by atoms with Crippen molar-refractivity contribution in [2.45, 2.75) is 37.0 Å². The SMILES string of the molecule is NC(=O)CC(N)C(=O)NC(CS)C(=O)NC(Cc1cnc[nH]1)C(=O)NC(CS)C(=O)O. The second-order valence-corrected chi connectivity index (χ2v) is 7.18. The normalized spacial score (nSPS) is 14.5. The van der Waals surface area contributed by atoms with E-state index in [2.05, 4.69) is 51.2 Å². The molecule has 1 rings (SSSR count). The van der Waals surface area contributed by atoms with E-state index in [-0.39, 0.29) is 17.9 Å². The topological polar surface area (TPSA) is 222 Å². The number of carboxylic acids is 1. The number of aromatic amines is 1. The van der Waals surface area contributed by atoms with Gasteiger partial charge >= 0.3 is 5.97 Å². The number of rotatable bonds is 13. The van der Waals surface area contributed by atoms with Crippen LogP contribution >= 0.6 is 25.3 Å². The van der Waals surface area contributed by atoms with Crippen LogP contribution in [0.5, 0.6) is 0 Å². The smallest absolute Gasteiger partial charge is 0.327 e. The molecule has 0 fully saturated rings. The summed E-state index contributed by atoms with van der Waals surface area (Å²) in [6.45, 7) is 0. The average Bonchev–Trinajstić information content (AvgIpc) is 3.21. The van der Waals surface area contributed by atoms with E-state index in [0.29, 0.717) is 5.69 Å². The molecule has 4 amide bonds. The van der Waals surface area contributed by atoms with E-state index in [4.69, 9.17) is 16.6 Å². The van der Waals surface area contributed by atoms with Crippen molar-refractivity contribution in [1.82, 2.24) is 25.9 Å². The summed E-state index contributed by atoms with van der Waals surface area (Å²) in [5, 5.41) is 16.2. The lowest BCUT2D eigenvalue weighted by molar-refractivity contribution is -0.141. The number of carbonyl (C=O) groups excluding carboxylic acids is 4. The Kier molecular flexibility index (Phi) is 10.8. The molecule has 0 spiro atoms. The second-order valence-electron chi connectivity index (χ2n) is 6.44. The van der Waals surface area contributed by atoms with Gasteiger partial charge in [0.05, 0.1) is 18.8 Å². The molecule has 0 saturated carbocycles. The van der Waals surface area contributed by atoms with Crippen LogP contribution in [0.1, 0.15) is 12.1 Å². The van der Waals surface area contributed by atoms with Gasteiger partial charge in [-0.15, -0.1) is 0 Å². The molecule has 13 nitrogen and oxygen atoms in total. The first kappa shape index (κ1) is 26.3. The van der Waals surface area contributed by atoms with E-state index in [0.717, 1.165) is 0 Å². The van der Waals surface area contributed by atoms with Gasteiger partial charge in [0, 0.05) is 29.8 Å². The lowest BCUT2D eigenvalue weighted by Crippen LogP contribution is -2.58. The summed E-state index contributed by atoms with van der Waals surface area (Å²) in [7, 11) is 0. The summed E-state index contributed by atoms with van der Waals surface area (Å²) in [6.07, 6.45) is 2.35. The molecule has 4 atom stereocenters. The van der Waals surface area contributed by atoms with Crippen molar-refractivity contribution < 1.29 is 29.1 Å². The second kappa shape index (κ2) is 12.8. The standard InChI is InChI=1S/C16H25N7O6S2/c17-8(2-12(18)24)13(25)22-10(4-30)15(27)21-9(1-7-3-19-6-20-7)14(26)23-11(5-31)16(28)29/h3,6,8-11,30-31H,1-2,4-5,17H2,(H2,18,24)(H,19,20)(H,21,27)(H,22,25)(H,23,26)(H,28,29). The van der Waals surface area contributed by atoms with Crippen LogP contribution in [-0.2, 0) is 30.4 Å².